The van der Waals surface area contributed by atoms with Crippen molar-refractivity contribution in [1.29, 1.82) is 0 Å². The molecule has 0 amide bonds. The third kappa shape index (κ3) is 4.03. The Kier molecular flexibility index (Phi) is 4.86. The minimum Gasteiger partial charge on any atom is -0.308 e. The highest BCUT2D eigenvalue weighted by Crippen LogP contribution is 2.25. The van der Waals surface area contributed by atoms with Crippen LogP contribution in [0, 0.1) is 0 Å². The van der Waals surface area contributed by atoms with Gasteiger partial charge in [0.25, 0.3) is 0 Å². The van der Waals surface area contributed by atoms with Gasteiger partial charge in [-0.1, -0.05) is 58.4 Å². The molecule has 0 aliphatic carbocycles. The number of thiophene rings is 1. The van der Waals surface area contributed by atoms with E-state index in [2.05, 4.69) is 87.3 Å². The van der Waals surface area contributed by atoms with Crippen LogP contribution >= 0.6 is 27.3 Å². The lowest BCUT2D eigenvalue weighted by Crippen LogP contribution is -2.11. The fourth-order valence-electron chi connectivity index (χ4n) is 2.23. The molecule has 0 fully saturated rings. The Morgan fingerprint density at radius 2 is 1.71 bits per heavy atom. The lowest BCUT2D eigenvalue weighted by Gasteiger charge is -2.03. The molecule has 1 aromatic heterocycles. The van der Waals surface area contributed by atoms with Crippen LogP contribution in [0.2, 0.25) is 0 Å². The van der Waals surface area contributed by atoms with Crippen molar-refractivity contribution in [2.24, 2.45) is 0 Å². The first-order valence-corrected chi connectivity index (χ1v) is 8.56. The minimum atomic E-state index is 0.887. The van der Waals surface area contributed by atoms with E-state index in [4.69, 9.17) is 0 Å². The molecule has 1 nitrogen and oxygen atoms in total. The van der Waals surface area contributed by atoms with Gasteiger partial charge in [-0.3, -0.25) is 0 Å². The molecule has 106 valence electrons. The molecule has 1 heterocycles. The standard InChI is InChI=1S/C18H16BrNS/c19-17-8-4-5-14(9-17)11-20-12-18-10-16(13-21-18)15-6-2-1-3-7-15/h1-10,13,20H,11-12H2. The smallest absolute Gasteiger partial charge is 0.0303 e. The van der Waals surface area contributed by atoms with Crippen LogP contribution in [0.5, 0.6) is 0 Å². The number of halogens is 1. The first kappa shape index (κ1) is 14.5. The summed E-state index contributed by atoms with van der Waals surface area (Å²) in [6.45, 7) is 1.79. The van der Waals surface area contributed by atoms with Crippen molar-refractivity contribution in [1.82, 2.24) is 5.32 Å². The van der Waals surface area contributed by atoms with Gasteiger partial charge < -0.3 is 5.32 Å². The molecule has 0 spiro atoms. The molecule has 0 bridgehead atoms. The molecule has 0 aliphatic rings. The molecule has 1 N–H and O–H groups in total. The lowest BCUT2D eigenvalue weighted by molar-refractivity contribution is 0.701. The molecule has 0 radical (unpaired) electrons. The Labute approximate surface area is 137 Å². The molecule has 21 heavy (non-hydrogen) atoms. The van der Waals surface area contributed by atoms with Crippen LogP contribution in [0.15, 0.2) is 70.5 Å². The summed E-state index contributed by atoms with van der Waals surface area (Å²) in [6.07, 6.45) is 0. The normalized spacial score (nSPS) is 10.7. The molecular formula is C18H16BrNS. The fraction of sp³-hybridized carbons (Fsp3) is 0.111. The zero-order valence-electron chi connectivity index (χ0n) is 11.6. The van der Waals surface area contributed by atoms with Crippen molar-refractivity contribution in [3.63, 3.8) is 0 Å². The monoisotopic (exact) mass is 357 g/mol. The lowest BCUT2D eigenvalue weighted by atomic mass is 10.1. The largest absolute Gasteiger partial charge is 0.308 e. The van der Waals surface area contributed by atoms with Crippen molar-refractivity contribution in [2.45, 2.75) is 13.1 Å². The number of hydrogen-bond acceptors (Lipinski definition) is 2. The minimum absolute atomic E-state index is 0.887. The van der Waals surface area contributed by atoms with E-state index < -0.39 is 0 Å². The van der Waals surface area contributed by atoms with E-state index >= 15 is 0 Å². The highest BCUT2D eigenvalue weighted by atomic mass is 79.9. The van der Waals surface area contributed by atoms with Crippen LogP contribution in [0.3, 0.4) is 0 Å². The first-order chi connectivity index (χ1) is 10.3. The van der Waals surface area contributed by atoms with E-state index in [1.807, 2.05) is 11.3 Å². The van der Waals surface area contributed by atoms with Gasteiger partial charge in [0.1, 0.15) is 0 Å². The summed E-state index contributed by atoms with van der Waals surface area (Å²) in [6, 6.07) is 21.2. The molecule has 2 aromatic carbocycles. The number of benzene rings is 2. The summed E-state index contributed by atoms with van der Waals surface area (Å²) in [7, 11) is 0. The molecule has 0 saturated heterocycles. The van der Waals surface area contributed by atoms with Crippen molar-refractivity contribution >= 4 is 27.3 Å². The highest BCUT2D eigenvalue weighted by Gasteiger charge is 2.02. The fourth-order valence-corrected chi connectivity index (χ4v) is 3.54. The van der Waals surface area contributed by atoms with Crippen LogP contribution in [-0.2, 0) is 13.1 Å². The van der Waals surface area contributed by atoms with Gasteiger partial charge in [-0.05, 0) is 40.3 Å². The number of nitrogens with one attached hydrogen (secondary N) is 1. The molecular weight excluding hydrogens is 342 g/mol. The maximum Gasteiger partial charge on any atom is 0.0303 e. The first-order valence-electron chi connectivity index (χ1n) is 6.89. The van der Waals surface area contributed by atoms with Crippen LogP contribution in [0.4, 0.5) is 0 Å². The quantitative estimate of drug-likeness (QED) is 0.638. The van der Waals surface area contributed by atoms with Crippen LogP contribution < -0.4 is 5.32 Å². The summed E-state index contributed by atoms with van der Waals surface area (Å²) in [5.74, 6) is 0. The Morgan fingerprint density at radius 1 is 0.857 bits per heavy atom. The highest BCUT2D eigenvalue weighted by molar-refractivity contribution is 9.10. The van der Waals surface area contributed by atoms with Crippen molar-refractivity contribution < 1.29 is 0 Å². The molecule has 0 atom stereocenters. The topological polar surface area (TPSA) is 12.0 Å². The van der Waals surface area contributed by atoms with Crippen LogP contribution in [0.1, 0.15) is 10.4 Å². The zero-order valence-corrected chi connectivity index (χ0v) is 14.0. The van der Waals surface area contributed by atoms with E-state index in [0.717, 1.165) is 17.6 Å². The Balaban J connectivity index is 1.58. The van der Waals surface area contributed by atoms with Crippen molar-refractivity contribution in [3.05, 3.63) is 81.0 Å². The van der Waals surface area contributed by atoms with Crippen LogP contribution in [0.25, 0.3) is 11.1 Å². The SMILES string of the molecule is Brc1cccc(CNCc2cc(-c3ccccc3)cs2)c1. The average molecular weight is 358 g/mol. The summed E-state index contributed by atoms with van der Waals surface area (Å²) >= 11 is 5.31. The van der Waals surface area contributed by atoms with E-state index in [1.54, 1.807) is 0 Å². The molecule has 3 aromatic rings. The van der Waals surface area contributed by atoms with Crippen LogP contribution in [-0.4, -0.2) is 0 Å². The maximum absolute atomic E-state index is 3.50. The van der Waals surface area contributed by atoms with Gasteiger partial charge >= 0.3 is 0 Å². The maximum atomic E-state index is 3.50. The zero-order chi connectivity index (χ0) is 14.5. The van der Waals surface area contributed by atoms with Gasteiger partial charge in [0.15, 0.2) is 0 Å². The average Bonchev–Trinajstić information content (AvgIpc) is 2.97. The van der Waals surface area contributed by atoms with E-state index in [9.17, 15) is 0 Å². The number of hydrogen-bond donors (Lipinski definition) is 1. The molecule has 0 saturated carbocycles. The summed E-state index contributed by atoms with van der Waals surface area (Å²) in [4.78, 5) is 1.36. The van der Waals surface area contributed by atoms with E-state index in [0.29, 0.717) is 0 Å². The third-order valence-electron chi connectivity index (χ3n) is 3.28. The summed E-state index contributed by atoms with van der Waals surface area (Å²) in [5, 5.41) is 5.73. The second kappa shape index (κ2) is 7.03. The van der Waals surface area contributed by atoms with Gasteiger partial charge in [0.2, 0.25) is 0 Å². The Bertz CT molecular complexity index is 706. The van der Waals surface area contributed by atoms with Gasteiger partial charge in [-0.15, -0.1) is 11.3 Å². The van der Waals surface area contributed by atoms with E-state index in [1.165, 1.54) is 21.6 Å². The van der Waals surface area contributed by atoms with Gasteiger partial charge in [0, 0.05) is 22.4 Å². The Hall–Kier alpha value is -1.42. The molecule has 3 rings (SSSR count). The Morgan fingerprint density at radius 3 is 2.52 bits per heavy atom. The summed E-state index contributed by atoms with van der Waals surface area (Å²) in [5.41, 5.74) is 3.89. The summed E-state index contributed by atoms with van der Waals surface area (Å²) < 4.78 is 1.13. The van der Waals surface area contributed by atoms with Gasteiger partial charge in [-0.2, -0.15) is 0 Å². The predicted molar refractivity (Wildman–Crippen MR) is 94.4 cm³/mol. The second-order valence-electron chi connectivity index (χ2n) is 4.90. The van der Waals surface area contributed by atoms with Crippen molar-refractivity contribution in [2.75, 3.05) is 0 Å². The third-order valence-corrected chi connectivity index (χ3v) is 4.71. The van der Waals surface area contributed by atoms with Gasteiger partial charge in [-0.25, -0.2) is 0 Å². The predicted octanol–water partition coefficient (Wildman–Crippen LogP) is 5.47. The van der Waals surface area contributed by atoms with E-state index in [-0.39, 0.29) is 0 Å². The molecule has 0 unspecified atom stereocenters. The molecule has 3 heteroatoms. The molecule has 0 aliphatic heterocycles. The van der Waals surface area contributed by atoms with Gasteiger partial charge in [0.05, 0.1) is 0 Å². The van der Waals surface area contributed by atoms with Crippen molar-refractivity contribution in [3.8, 4) is 11.1 Å². The second-order valence-corrected chi connectivity index (χ2v) is 6.81. The number of rotatable bonds is 5.